The molecule has 2 aromatic heterocycles. The molecule has 9 nitrogen and oxygen atoms in total. The summed E-state index contributed by atoms with van der Waals surface area (Å²) in [6.07, 6.45) is 0.875. The molecule has 8 rings (SSSR count). The number of benzene rings is 3. The zero-order chi connectivity index (χ0) is 37.6. The fourth-order valence-electron chi connectivity index (χ4n) is 8.87. The summed E-state index contributed by atoms with van der Waals surface area (Å²) in [6.45, 7) is 7.30. The van der Waals surface area contributed by atoms with Crippen LogP contribution < -0.4 is 4.90 Å². The Morgan fingerprint density at radius 2 is 1.75 bits per heavy atom. The van der Waals surface area contributed by atoms with Crippen LogP contribution in [0.3, 0.4) is 0 Å². The summed E-state index contributed by atoms with van der Waals surface area (Å²) in [6, 6.07) is 12.1. The standard InChI is InChI=1S/C39H40F4N6O3S/c1-23-7-9-28(10-8-23)53(51,52)49-21-32(40)35-33(14-27(15-34(35)49)38(16-25(3)17-38)37-45-44-22-46(37)4)48-20-30-29(36(48)50)12-26(13-31(30)39(41,42)43)19-47-11-5-6-24(2)18-47/h7-10,12-15,21-22,24-25H,5-6,11,16-20H2,1-4H3/t24-,25?,38?/m0/s1. The molecule has 1 aliphatic carbocycles. The second-order valence-electron chi connectivity index (χ2n) is 15.4. The molecule has 4 heterocycles. The van der Waals surface area contributed by atoms with Gasteiger partial charge < -0.3 is 9.47 Å². The smallest absolute Gasteiger partial charge is 0.320 e. The lowest BCUT2D eigenvalue weighted by Gasteiger charge is -2.46. The van der Waals surface area contributed by atoms with Crippen LogP contribution >= 0.6 is 0 Å². The van der Waals surface area contributed by atoms with Gasteiger partial charge >= 0.3 is 6.18 Å². The van der Waals surface area contributed by atoms with Crippen LogP contribution in [-0.4, -0.2) is 51.1 Å². The first-order valence-corrected chi connectivity index (χ1v) is 19.3. The highest BCUT2D eigenvalue weighted by atomic mass is 32.2. The predicted octanol–water partition coefficient (Wildman–Crippen LogP) is 7.58. The average Bonchev–Trinajstić information content (AvgIpc) is 3.77. The molecular weight excluding hydrogens is 709 g/mol. The molecule has 0 bridgehead atoms. The van der Waals surface area contributed by atoms with Gasteiger partial charge in [0.2, 0.25) is 0 Å². The van der Waals surface area contributed by atoms with Crippen LogP contribution in [0.25, 0.3) is 10.9 Å². The number of hydrogen-bond acceptors (Lipinski definition) is 6. The maximum absolute atomic E-state index is 16.4. The van der Waals surface area contributed by atoms with Crippen molar-refractivity contribution < 1.29 is 30.8 Å². The van der Waals surface area contributed by atoms with Gasteiger partial charge in [-0.2, -0.15) is 13.2 Å². The van der Waals surface area contributed by atoms with E-state index in [2.05, 4.69) is 28.9 Å². The molecule has 0 radical (unpaired) electrons. The van der Waals surface area contributed by atoms with Crippen molar-refractivity contribution in [3.63, 3.8) is 0 Å². The Bertz CT molecular complexity index is 2380. The number of aryl methyl sites for hydroxylation is 2. The summed E-state index contributed by atoms with van der Waals surface area (Å²) in [5.41, 5.74) is -0.223. The Hall–Kier alpha value is -4.56. The highest BCUT2D eigenvalue weighted by Gasteiger charge is 2.49. The zero-order valence-corrected chi connectivity index (χ0v) is 30.7. The van der Waals surface area contributed by atoms with Gasteiger partial charge in [-0.3, -0.25) is 9.69 Å². The molecule has 1 saturated carbocycles. The van der Waals surface area contributed by atoms with Gasteiger partial charge in [-0.25, -0.2) is 16.8 Å². The summed E-state index contributed by atoms with van der Waals surface area (Å²) in [4.78, 5) is 17.6. The van der Waals surface area contributed by atoms with E-state index in [-0.39, 0.29) is 45.1 Å². The average molecular weight is 749 g/mol. The maximum atomic E-state index is 16.4. The number of halogens is 4. The van der Waals surface area contributed by atoms with Gasteiger partial charge in [0.25, 0.3) is 15.9 Å². The van der Waals surface area contributed by atoms with Crippen LogP contribution in [0.2, 0.25) is 0 Å². The van der Waals surface area contributed by atoms with Gasteiger partial charge in [-0.05, 0) is 104 Å². The fourth-order valence-corrected chi connectivity index (χ4v) is 10.2. The monoisotopic (exact) mass is 748 g/mol. The number of carbonyl (C=O) groups excluding carboxylic acids is 1. The largest absolute Gasteiger partial charge is 0.416 e. The first-order valence-electron chi connectivity index (χ1n) is 17.9. The molecule has 2 fully saturated rings. The maximum Gasteiger partial charge on any atom is 0.416 e. The first kappa shape index (κ1) is 35.5. The number of likely N-dealkylation sites (tertiary alicyclic amines) is 1. The highest BCUT2D eigenvalue weighted by molar-refractivity contribution is 7.90. The zero-order valence-electron chi connectivity index (χ0n) is 29.9. The molecule has 53 heavy (non-hydrogen) atoms. The number of nitrogens with zero attached hydrogens (tertiary/aromatic N) is 6. The van der Waals surface area contributed by atoms with Crippen molar-refractivity contribution in [2.45, 2.75) is 76.0 Å². The molecule has 1 atom stereocenters. The van der Waals surface area contributed by atoms with Crippen molar-refractivity contribution in [2.24, 2.45) is 18.9 Å². The number of anilines is 1. The topological polar surface area (TPSA) is 93.3 Å². The number of carbonyl (C=O) groups is 1. The SMILES string of the molecule is Cc1ccc(S(=O)(=O)n2cc(F)c3c(N4Cc5c(cc(CN6CCC[C@H](C)C6)cc5C(F)(F)F)C4=O)cc(C4(c5nncn5C)CC(C)C4)cc32)cc1. The fraction of sp³-hybridized carbons (Fsp3) is 0.410. The molecule has 1 saturated heterocycles. The molecule has 0 unspecified atom stereocenters. The van der Waals surface area contributed by atoms with Gasteiger partial charge in [0.05, 0.1) is 45.2 Å². The molecule has 3 aromatic carbocycles. The van der Waals surface area contributed by atoms with E-state index in [1.54, 1.807) is 42.2 Å². The van der Waals surface area contributed by atoms with Crippen LogP contribution in [0.15, 0.2) is 66.0 Å². The van der Waals surface area contributed by atoms with Crippen LogP contribution in [-0.2, 0) is 41.8 Å². The van der Waals surface area contributed by atoms with E-state index in [0.29, 0.717) is 35.7 Å². The summed E-state index contributed by atoms with van der Waals surface area (Å²) >= 11 is 0. The number of aromatic nitrogens is 4. The summed E-state index contributed by atoms with van der Waals surface area (Å²) in [7, 11) is -2.56. The summed E-state index contributed by atoms with van der Waals surface area (Å²) in [5.74, 6) is -0.368. The predicted molar refractivity (Wildman–Crippen MR) is 191 cm³/mol. The van der Waals surface area contributed by atoms with Crippen molar-refractivity contribution in [3.8, 4) is 0 Å². The first-order chi connectivity index (χ1) is 25.1. The van der Waals surface area contributed by atoms with E-state index in [1.807, 2.05) is 6.92 Å². The third kappa shape index (κ3) is 5.85. The van der Waals surface area contributed by atoms with Crippen molar-refractivity contribution in [1.82, 2.24) is 23.6 Å². The van der Waals surface area contributed by atoms with Crippen molar-refractivity contribution in [1.29, 1.82) is 0 Å². The van der Waals surface area contributed by atoms with Crippen molar-refractivity contribution >= 4 is 32.5 Å². The lowest BCUT2D eigenvalue weighted by Crippen LogP contribution is -2.43. The number of amides is 1. The molecule has 3 aliphatic rings. The van der Waals surface area contributed by atoms with Crippen LogP contribution in [0.5, 0.6) is 0 Å². The van der Waals surface area contributed by atoms with Gasteiger partial charge in [-0.1, -0.05) is 31.5 Å². The van der Waals surface area contributed by atoms with Gasteiger partial charge in [0.1, 0.15) is 12.2 Å². The Morgan fingerprint density at radius 1 is 1.02 bits per heavy atom. The van der Waals surface area contributed by atoms with E-state index < -0.39 is 45.4 Å². The Morgan fingerprint density at radius 3 is 2.40 bits per heavy atom. The van der Waals surface area contributed by atoms with E-state index >= 15 is 4.39 Å². The summed E-state index contributed by atoms with van der Waals surface area (Å²) in [5, 5.41) is 8.33. The normalized spacial score (nSPS) is 22.4. The highest BCUT2D eigenvalue weighted by Crippen LogP contribution is 2.54. The van der Waals surface area contributed by atoms with E-state index in [4.69, 9.17) is 0 Å². The Kier molecular flexibility index (Phi) is 8.37. The van der Waals surface area contributed by atoms with Gasteiger partial charge in [0.15, 0.2) is 5.82 Å². The van der Waals surface area contributed by atoms with Crippen molar-refractivity contribution in [2.75, 3.05) is 18.0 Å². The lowest BCUT2D eigenvalue weighted by molar-refractivity contribution is -0.138. The van der Waals surface area contributed by atoms with E-state index in [0.717, 1.165) is 52.6 Å². The van der Waals surface area contributed by atoms with Crippen molar-refractivity contribution in [3.05, 3.63) is 106 Å². The van der Waals surface area contributed by atoms with Gasteiger partial charge in [0, 0.05) is 25.7 Å². The third-order valence-electron chi connectivity index (χ3n) is 11.3. The number of rotatable bonds is 7. The molecule has 2 aliphatic heterocycles. The van der Waals surface area contributed by atoms with Crippen LogP contribution in [0, 0.1) is 24.6 Å². The van der Waals surface area contributed by atoms with Crippen LogP contribution in [0.4, 0.5) is 23.2 Å². The Balaban J connectivity index is 1.32. The van der Waals surface area contributed by atoms with E-state index in [1.165, 1.54) is 18.2 Å². The lowest BCUT2D eigenvalue weighted by atomic mass is 9.58. The number of alkyl halides is 3. The number of fused-ring (bicyclic) bond motifs is 2. The summed E-state index contributed by atoms with van der Waals surface area (Å²) < 4.78 is 91.7. The number of hydrogen-bond donors (Lipinski definition) is 0. The third-order valence-corrected chi connectivity index (χ3v) is 13.0. The molecule has 5 aromatic rings. The number of piperidine rings is 1. The Labute approximate surface area is 305 Å². The second-order valence-corrected chi connectivity index (χ2v) is 17.2. The molecule has 0 spiro atoms. The second kappa shape index (κ2) is 12.5. The minimum absolute atomic E-state index is 0.00492. The van der Waals surface area contributed by atoms with Crippen LogP contribution in [0.1, 0.15) is 83.5 Å². The molecule has 0 N–H and O–H groups in total. The molecule has 14 heteroatoms. The minimum Gasteiger partial charge on any atom is -0.320 e. The molecular formula is C39H40F4N6O3S. The molecule has 1 amide bonds. The minimum atomic E-state index is -4.75. The molecule has 278 valence electrons. The van der Waals surface area contributed by atoms with Gasteiger partial charge in [-0.15, -0.1) is 10.2 Å². The quantitative estimate of drug-likeness (QED) is 0.160. The van der Waals surface area contributed by atoms with E-state index in [9.17, 15) is 26.4 Å².